The van der Waals surface area contributed by atoms with Gasteiger partial charge in [-0.3, -0.25) is 0 Å². The summed E-state index contributed by atoms with van der Waals surface area (Å²) >= 11 is 0. The van der Waals surface area contributed by atoms with E-state index >= 15 is 0 Å². The van der Waals surface area contributed by atoms with Crippen molar-refractivity contribution >= 4 is 0 Å². The van der Waals surface area contributed by atoms with E-state index in [4.69, 9.17) is 0 Å². The van der Waals surface area contributed by atoms with Crippen LogP contribution >= 0.6 is 0 Å². The van der Waals surface area contributed by atoms with Gasteiger partial charge in [0.05, 0.1) is 0 Å². The minimum Gasteiger partial charge on any atom is -0.316 e. The zero-order chi connectivity index (χ0) is 10.2. The quantitative estimate of drug-likeness (QED) is 0.683. The molecule has 0 aromatic heterocycles. The largest absolute Gasteiger partial charge is 0.316 e. The molecule has 2 nitrogen and oxygen atoms in total. The van der Waals surface area contributed by atoms with Crippen molar-refractivity contribution in [1.29, 1.82) is 0 Å². The van der Waals surface area contributed by atoms with Crippen molar-refractivity contribution in [3.05, 3.63) is 0 Å². The molecule has 0 bridgehead atoms. The Morgan fingerprint density at radius 3 is 3.00 bits per heavy atom. The van der Waals surface area contributed by atoms with Crippen LogP contribution in [0.5, 0.6) is 0 Å². The van der Waals surface area contributed by atoms with E-state index in [0.717, 1.165) is 5.92 Å². The molecule has 2 unspecified atom stereocenters. The van der Waals surface area contributed by atoms with Crippen LogP contribution in [-0.4, -0.2) is 25.7 Å². The molecule has 84 valence electrons. The molecule has 2 atom stereocenters. The summed E-state index contributed by atoms with van der Waals surface area (Å²) in [7, 11) is 0. The standard InChI is InChI=1S/C12H26N2/c1-3-5-11(2)14-9-7-12-6-4-8-13-10-12/h11-14H,3-10H2,1-2H3. The average Bonchev–Trinajstić information content (AvgIpc) is 2.20. The van der Waals surface area contributed by atoms with Gasteiger partial charge < -0.3 is 10.6 Å². The van der Waals surface area contributed by atoms with Crippen LogP contribution in [0.1, 0.15) is 46.0 Å². The molecule has 0 spiro atoms. The molecule has 1 aliphatic rings. The molecular weight excluding hydrogens is 172 g/mol. The third-order valence-electron chi connectivity index (χ3n) is 3.17. The van der Waals surface area contributed by atoms with E-state index in [1.165, 1.54) is 51.7 Å². The number of rotatable bonds is 6. The fourth-order valence-electron chi connectivity index (χ4n) is 2.24. The number of hydrogen-bond acceptors (Lipinski definition) is 2. The van der Waals surface area contributed by atoms with Gasteiger partial charge >= 0.3 is 0 Å². The van der Waals surface area contributed by atoms with Gasteiger partial charge in [0, 0.05) is 6.04 Å². The average molecular weight is 198 g/mol. The van der Waals surface area contributed by atoms with E-state index in [1.54, 1.807) is 0 Å². The van der Waals surface area contributed by atoms with E-state index in [0.29, 0.717) is 6.04 Å². The lowest BCUT2D eigenvalue weighted by Crippen LogP contribution is -2.33. The molecule has 1 heterocycles. The SMILES string of the molecule is CCCC(C)NCCC1CCCNC1. The summed E-state index contributed by atoms with van der Waals surface area (Å²) in [4.78, 5) is 0. The van der Waals surface area contributed by atoms with Gasteiger partial charge in [0.25, 0.3) is 0 Å². The Kier molecular flexibility index (Phi) is 6.20. The molecule has 0 radical (unpaired) electrons. The lowest BCUT2D eigenvalue weighted by atomic mass is 9.96. The first kappa shape index (κ1) is 12.0. The molecule has 2 N–H and O–H groups in total. The Labute approximate surface area is 88.8 Å². The predicted molar refractivity (Wildman–Crippen MR) is 62.6 cm³/mol. The van der Waals surface area contributed by atoms with Crippen LogP contribution in [0.25, 0.3) is 0 Å². The highest BCUT2D eigenvalue weighted by atomic mass is 14.9. The lowest BCUT2D eigenvalue weighted by Gasteiger charge is -2.23. The number of piperidine rings is 1. The number of nitrogens with one attached hydrogen (secondary N) is 2. The van der Waals surface area contributed by atoms with E-state index in [1.807, 2.05) is 0 Å². The van der Waals surface area contributed by atoms with Crippen LogP contribution < -0.4 is 10.6 Å². The van der Waals surface area contributed by atoms with Crippen molar-refractivity contribution in [3.63, 3.8) is 0 Å². The van der Waals surface area contributed by atoms with E-state index in [2.05, 4.69) is 24.5 Å². The zero-order valence-corrected chi connectivity index (χ0v) is 9.81. The molecule has 0 aromatic rings. The van der Waals surface area contributed by atoms with Crippen LogP contribution in [-0.2, 0) is 0 Å². The molecule has 0 aromatic carbocycles. The van der Waals surface area contributed by atoms with Crippen molar-refractivity contribution in [2.75, 3.05) is 19.6 Å². The van der Waals surface area contributed by atoms with Crippen LogP contribution in [0.4, 0.5) is 0 Å². The summed E-state index contributed by atoms with van der Waals surface area (Å²) in [5, 5.41) is 7.07. The first-order valence-corrected chi connectivity index (χ1v) is 6.27. The van der Waals surface area contributed by atoms with Crippen molar-refractivity contribution in [2.24, 2.45) is 5.92 Å². The molecule has 2 heteroatoms. The maximum Gasteiger partial charge on any atom is 0.00386 e. The summed E-state index contributed by atoms with van der Waals surface area (Å²) in [5.74, 6) is 0.921. The summed E-state index contributed by atoms with van der Waals surface area (Å²) in [6.45, 7) is 8.22. The second-order valence-corrected chi connectivity index (χ2v) is 4.64. The first-order chi connectivity index (χ1) is 6.83. The Hall–Kier alpha value is -0.0800. The molecule has 1 aliphatic heterocycles. The highest BCUT2D eigenvalue weighted by Crippen LogP contribution is 2.13. The van der Waals surface area contributed by atoms with Crippen molar-refractivity contribution in [2.45, 2.75) is 52.0 Å². The Morgan fingerprint density at radius 2 is 2.36 bits per heavy atom. The summed E-state index contributed by atoms with van der Waals surface area (Å²) in [6.07, 6.45) is 6.75. The molecule has 1 saturated heterocycles. The van der Waals surface area contributed by atoms with Gasteiger partial charge in [-0.05, 0) is 58.2 Å². The fourth-order valence-corrected chi connectivity index (χ4v) is 2.24. The van der Waals surface area contributed by atoms with Crippen LogP contribution in [0.3, 0.4) is 0 Å². The second kappa shape index (κ2) is 7.24. The normalized spacial score (nSPS) is 24.9. The Bertz CT molecular complexity index is 130. The fraction of sp³-hybridized carbons (Fsp3) is 1.00. The maximum absolute atomic E-state index is 3.60. The Balaban J connectivity index is 1.96. The van der Waals surface area contributed by atoms with Gasteiger partial charge in [-0.25, -0.2) is 0 Å². The van der Waals surface area contributed by atoms with Crippen LogP contribution in [0, 0.1) is 5.92 Å². The molecule has 0 amide bonds. The Morgan fingerprint density at radius 1 is 1.50 bits per heavy atom. The van der Waals surface area contributed by atoms with Crippen LogP contribution in [0.2, 0.25) is 0 Å². The summed E-state index contributed by atoms with van der Waals surface area (Å²) in [6, 6.07) is 0.705. The second-order valence-electron chi connectivity index (χ2n) is 4.64. The van der Waals surface area contributed by atoms with Gasteiger partial charge in [0.1, 0.15) is 0 Å². The predicted octanol–water partition coefficient (Wildman–Crippen LogP) is 2.15. The lowest BCUT2D eigenvalue weighted by molar-refractivity contribution is 0.344. The highest BCUT2D eigenvalue weighted by Gasteiger charge is 2.12. The van der Waals surface area contributed by atoms with Crippen molar-refractivity contribution < 1.29 is 0 Å². The van der Waals surface area contributed by atoms with Crippen LogP contribution in [0.15, 0.2) is 0 Å². The molecule has 0 aliphatic carbocycles. The maximum atomic E-state index is 3.60. The minimum atomic E-state index is 0.705. The van der Waals surface area contributed by atoms with Gasteiger partial charge in [-0.2, -0.15) is 0 Å². The highest BCUT2D eigenvalue weighted by molar-refractivity contribution is 4.70. The van der Waals surface area contributed by atoms with Gasteiger partial charge in [0.15, 0.2) is 0 Å². The van der Waals surface area contributed by atoms with E-state index in [-0.39, 0.29) is 0 Å². The van der Waals surface area contributed by atoms with Crippen molar-refractivity contribution in [3.8, 4) is 0 Å². The molecule has 1 fully saturated rings. The van der Waals surface area contributed by atoms with Gasteiger partial charge in [0.2, 0.25) is 0 Å². The molecular formula is C12H26N2. The monoisotopic (exact) mass is 198 g/mol. The smallest absolute Gasteiger partial charge is 0.00386 e. The van der Waals surface area contributed by atoms with Crippen molar-refractivity contribution in [1.82, 2.24) is 10.6 Å². The third kappa shape index (κ3) is 4.97. The van der Waals surface area contributed by atoms with E-state index < -0.39 is 0 Å². The third-order valence-corrected chi connectivity index (χ3v) is 3.17. The first-order valence-electron chi connectivity index (χ1n) is 6.27. The summed E-state index contributed by atoms with van der Waals surface area (Å²) in [5.41, 5.74) is 0. The topological polar surface area (TPSA) is 24.1 Å². The van der Waals surface area contributed by atoms with Gasteiger partial charge in [-0.1, -0.05) is 13.3 Å². The van der Waals surface area contributed by atoms with Gasteiger partial charge in [-0.15, -0.1) is 0 Å². The molecule has 0 saturated carbocycles. The molecule has 1 rings (SSSR count). The summed E-state index contributed by atoms with van der Waals surface area (Å²) < 4.78 is 0. The van der Waals surface area contributed by atoms with E-state index in [9.17, 15) is 0 Å². The number of hydrogen-bond donors (Lipinski definition) is 2. The molecule has 14 heavy (non-hydrogen) atoms. The minimum absolute atomic E-state index is 0.705. The zero-order valence-electron chi connectivity index (χ0n) is 9.81.